The Morgan fingerprint density at radius 3 is 2.81 bits per heavy atom. The van der Waals surface area contributed by atoms with Gasteiger partial charge in [-0.25, -0.2) is 4.79 Å². The van der Waals surface area contributed by atoms with Crippen LogP contribution in [0.2, 0.25) is 0 Å². The Labute approximate surface area is 95.9 Å². The molecule has 1 N–H and O–H groups in total. The van der Waals surface area contributed by atoms with E-state index < -0.39 is 11.6 Å². The maximum absolute atomic E-state index is 12.1. The van der Waals surface area contributed by atoms with E-state index in [1.165, 1.54) is 11.9 Å². The minimum Gasteiger partial charge on any atom is -0.465 e. The molecular formula is C12H19NO3. The Bertz CT molecular complexity index is 301. The van der Waals surface area contributed by atoms with Gasteiger partial charge in [-0.3, -0.25) is 9.69 Å². The Morgan fingerprint density at radius 2 is 2.25 bits per heavy atom. The molecule has 0 heterocycles. The van der Waals surface area contributed by atoms with Gasteiger partial charge in [-0.05, 0) is 19.3 Å². The first-order valence-corrected chi connectivity index (χ1v) is 5.65. The van der Waals surface area contributed by atoms with Crippen LogP contribution in [0.15, 0.2) is 12.7 Å². The topological polar surface area (TPSA) is 57.6 Å². The number of ketones is 1. The minimum atomic E-state index is -1.04. The first-order valence-electron chi connectivity index (χ1n) is 5.65. The number of likely N-dealkylation sites (N-methyl/N-ethyl adjacent to an activating group) is 1. The highest BCUT2D eigenvalue weighted by Crippen LogP contribution is 2.32. The van der Waals surface area contributed by atoms with Crippen LogP contribution in [0.4, 0.5) is 4.79 Å². The fraction of sp³-hybridized carbons (Fsp3) is 0.667. The van der Waals surface area contributed by atoms with Gasteiger partial charge >= 0.3 is 6.09 Å². The van der Waals surface area contributed by atoms with Crippen LogP contribution in [0.3, 0.4) is 0 Å². The van der Waals surface area contributed by atoms with Crippen molar-refractivity contribution < 1.29 is 14.7 Å². The minimum absolute atomic E-state index is 0.0369. The normalized spacial score (nSPS) is 25.9. The smallest absolute Gasteiger partial charge is 0.407 e. The molecule has 1 aliphatic carbocycles. The molecule has 4 heteroatoms. The maximum atomic E-state index is 12.1. The van der Waals surface area contributed by atoms with Gasteiger partial charge in [0.25, 0.3) is 0 Å². The van der Waals surface area contributed by atoms with E-state index in [4.69, 9.17) is 5.11 Å². The molecule has 1 fully saturated rings. The number of Topliss-reactive ketones (excluding diaryl/α,β-unsaturated/α-hetero) is 1. The maximum Gasteiger partial charge on any atom is 0.407 e. The van der Waals surface area contributed by atoms with Gasteiger partial charge in [0.15, 0.2) is 5.78 Å². The lowest BCUT2D eigenvalue weighted by molar-refractivity contribution is -0.129. The van der Waals surface area contributed by atoms with Crippen molar-refractivity contribution in [3.8, 4) is 0 Å². The lowest BCUT2D eigenvalue weighted by Crippen LogP contribution is -2.54. The van der Waals surface area contributed by atoms with Gasteiger partial charge in [-0.1, -0.05) is 18.9 Å². The first kappa shape index (κ1) is 12.7. The van der Waals surface area contributed by atoms with Crippen molar-refractivity contribution in [2.24, 2.45) is 0 Å². The van der Waals surface area contributed by atoms with Crippen molar-refractivity contribution in [3.63, 3.8) is 0 Å². The molecule has 0 aromatic heterocycles. The molecule has 1 unspecified atom stereocenters. The highest BCUT2D eigenvalue weighted by Gasteiger charge is 2.43. The third kappa shape index (κ3) is 2.26. The summed E-state index contributed by atoms with van der Waals surface area (Å²) in [7, 11) is 1.48. The Kier molecular flexibility index (Phi) is 4.10. The predicted octanol–water partition coefficient (Wildman–Crippen LogP) is 2.44. The van der Waals surface area contributed by atoms with Crippen LogP contribution in [0.25, 0.3) is 0 Å². The quantitative estimate of drug-likeness (QED) is 0.593. The van der Waals surface area contributed by atoms with Crippen LogP contribution in [0.1, 0.15) is 38.5 Å². The fourth-order valence-electron chi connectivity index (χ4n) is 2.38. The molecule has 1 rings (SSSR count). The summed E-state index contributed by atoms with van der Waals surface area (Å²) in [5.74, 6) is 0.0369. The summed E-state index contributed by atoms with van der Waals surface area (Å²) in [5, 5.41) is 9.08. The van der Waals surface area contributed by atoms with Crippen molar-refractivity contribution in [2.75, 3.05) is 7.05 Å². The monoisotopic (exact) mass is 225 g/mol. The molecule has 0 bridgehead atoms. The van der Waals surface area contributed by atoms with E-state index in [2.05, 4.69) is 6.58 Å². The van der Waals surface area contributed by atoms with Crippen LogP contribution >= 0.6 is 0 Å². The molecule has 0 saturated heterocycles. The summed E-state index contributed by atoms with van der Waals surface area (Å²) >= 11 is 0. The largest absolute Gasteiger partial charge is 0.465 e. The average molecular weight is 225 g/mol. The van der Waals surface area contributed by atoms with E-state index in [9.17, 15) is 9.59 Å². The highest BCUT2D eigenvalue weighted by atomic mass is 16.4. The Morgan fingerprint density at radius 1 is 1.56 bits per heavy atom. The number of hydrogen-bond acceptors (Lipinski definition) is 2. The molecule has 1 atom stereocenters. The summed E-state index contributed by atoms with van der Waals surface area (Å²) < 4.78 is 0. The molecule has 0 spiro atoms. The van der Waals surface area contributed by atoms with Crippen LogP contribution in [-0.2, 0) is 4.79 Å². The number of hydrogen-bond donors (Lipinski definition) is 1. The molecule has 1 saturated carbocycles. The van der Waals surface area contributed by atoms with E-state index in [1.807, 2.05) is 0 Å². The van der Waals surface area contributed by atoms with Gasteiger partial charge in [0.1, 0.15) is 5.54 Å². The van der Waals surface area contributed by atoms with E-state index in [0.29, 0.717) is 19.3 Å². The SMILES string of the molecule is C=CCC1(N(C)C(=O)O)CCCCCC1=O. The molecule has 4 nitrogen and oxygen atoms in total. The molecule has 90 valence electrons. The van der Waals surface area contributed by atoms with E-state index in [-0.39, 0.29) is 5.78 Å². The third-order valence-electron chi connectivity index (χ3n) is 3.42. The van der Waals surface area contributed by atoms with Crippen LogP contribution in [-0.4, -0.2) is 34.5 Å². The third-order valence-corrected chi connectivity index (χ3v) is 3.42. The fourth-order valence-corrected chi connectivity index (χ4v) is 2.38. The Hall–Kier alpha value is -1.32. The molecule has 16 heavy (non-hydrogen) atoms. The highest BCUT2D eigenvalue weighted by molar-refractivity contribution is 5.91. The average Bonchev–Trinajstić information content (AvgIpc) is 2.42. The summed E-state index contributed by atoms with van der Waals surface area (Å²) in [4.78, 5) is 24.4. The van der Waals surface area contributed by atoms with E-state index >= 15 is 0 Å². The second-order valence-corrected chi connectivity index (χ2v) is 4.35. The number of nitrogens with zero attached hydrogens (tertiary/aromatic N) is 1. The van der Waals surface area contributed by atoms with Crippen molar-refractivity contribution in [1.29, 1.82) is 0 Å². The first-order chi connectivity index (χ1) is 7.54. The van der Waals surface area contributed by atoms with Crippen molar-refractivity contribution in [2.45, 2.75) is 44.1 Å². The summed E-state index contributed by atoms with van der Waals surface area (Å²) in [5.41, 5.74) is -0.871. The van der Waals surface area contributed by atoms with Gasteiger partial charge in [-0.2, -0.15) is 0 Å². The van der Waals surface area contributed by atoms with E-state index in [0.717, 1.165) is 19.3 Å². The standard InChI is InChI=1S/C12H19NO3/c1-3-8-12(13(2)11(15)16)9-6-4-5-7-10(12)14/h3H,1,4-9H2,2H3,(H,15,16). The number of carbonyl (C=O) groups is 2. The molecular weight excluding hydrogens is 206 g/mol. The van der Waals surface area contributed by atoms with Gasteiger partial charge in [0.2, 0.25) is 0 Å². The molecule has 0 radical (unpaired) electrons. The number of carbonyl (C=O) groups excluding carboxylic acids is 1. The van der Waals surface area contributed by atoms with Crippen LogP contribution in [0.5, 0.6) is 0 Å². The molecule has 0 aromatic carbocycles. The zero-order valence-corrected chi connectivity index (χ0v) is 9.74. The second kappa shape index (κ2) is 5.14. The molecule has 0 aliphatic heterocycles. The zero-order valence-electron chi connectivity index (χ0n) is 9.74. The summed E-state index contributed by atoms with van der Waals surface area (Å²) in [6.45, 7) is 3.63. The number of rotatable bonds is 3. The number of carboxylic acid groups (broad SMARTS) is 1. The van der Waals surface area contributed by atoms with Gasteiger partial charge < -0.3 is 5.11 Å². The van der Waals surface area contributed by atoms with Crippen molar-refractivity contribution >= 4 is 11.9 Å². The van der Waals surface area contributed by atoms with Gasteiger partial charge in [0.05, 0.1) is 0 Å². The van der Waals surface area contributed by atoms with Crippen LogP contribution in [0, 0.1) is 0 Å². The predicted molar refractivity (Wildman–Crippen MR) is 61.4 cm³/mol. The van der Waals surface area contributed by atoms with E-state index in [1.54, 1.807) is 6.08 Å². The second-order valence-electron chi connectivity index (χ2n) is 4.35. The molecule has 1 aliphatic rings. The van der Waals surface area contributed by atoms with Gasteiger partial charge in [0, 0.05) is 13.5 Å². The molecule has 0 aromatic rings. The van der Waals surface area contributed by atoms with Crippen molar-refractivity contribution in [1.82, 2.24) is 4.90 Å². The van der Waals surface area contributed by atoms with Crippen LogP contribution < -0.4 is 0 Å². The summed E-state index contributed by atoms with van der Waals surface area (Å²) in [6.07, 6.45) is 4.86. The van der Waals surface area contributed by atoms with Crippen molar-refractivity contribution in [3.05, 3.63) is 12.7 Å². The number of amides is 1. The Balaban J connectivity index is 3.04. The lowest BCUT2D eigenvalue weighted by Gasteiger charge is -2.37. The lowest BCUT2D eigenvalue weighted by atomic mass is 9.84. The zero-order chi connectivity index (χ0) is 12.2. The van der Waals surface area contributed by atoms with Gasteiger partial charge in [-0.15, -0.1) is 6.58 Å². The molecule has 1 amide bonds. The summed E-state index contributed by atoms with van der Waals surface area (Å²) in [6, 6.07) is 0.